The summed E-state index contributed by atoms with van der Waals surface area (Å²) in [5, 5.41) is 12.0. The van der Waals surface area contributed by atoms with E-state index in [4.69, 9.17) is 9.84 Å². The Labute approximate surface area is 113 Å². The van der Waals surface area contributed by atoms with Gasteiger partial charge in [0, 0.05) is 24.5 Å². The van der Waals surface area contributed by atoms with E-state index in [-0.39, 0.29) is 35.3 Å². The fraction of sp³-hybridized carbons (Fsp3) is 0.857. The molecule has 0 spiro atoms. The van der Waals surface area contributed by atoms with Crippen molar-refractivity contribution in [3.63, 3.8) is 0 Å². The minimum atomic E-state index is -0.859. The number of amides is 1. The minimum absolute atomic E-state index is 0.0556. The van der Waals surface area contributed by atoms with Gasteiger partial charge < -0.3 is 15.2 Å². The molecule has 19 heavy (non-hydrogen) atoms. The van der Waals surface area contributed by atoms with Crippen LogP contribution in [0.1, 0.15) is 33.6 Å². The summed E-state index contributed by atoms with van der Waals surface area (Å²) < 4.78 is 5.44. The van der Waals surface area contributed by atoms with E-state index in [0.29, 0.717) is 12.8 Å². The Morgan fingerprint density at radius 2 is 1.84 bits per heavy atom. The van der Waals surface area contributed by atoms with Crippen LogP contribution < -0.4 is 5.32 Å². The van der Waals surface area contributed by atoms with Crippen LogP contribution in [0.25, 0.3) is 0 Å². The lowest BCUT2D eigenvalue weighted by atomic mass is 9.57. The van der Waals surface area contributed by atoms with Crippen molar-refractivity contribution in [2.75, 3.05) is 7.11 Å². The van der Waals surface area contributed by atoms with Gasteiger partial charge in [0.05, 0.1) is 17.9 Å². The highest BCUT2D eigenvalue weighted by Crippen LogP contribution is 2.47. The maximum atomic E-state index is 12.2. The summed E-state index contributed by atoms with van der Waals surface area (Å²) in [4.78, 5) is 23.1. The Morgan fingerprint density at radius 3 is 2.21 bits per heavy atom. The number of hydrogen-bond donors (Lipinski definition) is 2. The van der Waals surface area contributed by atoms with Crippen LogP contribution in [0, 0.1) is 23.2 Å². The second kappa shape index (κ2) is 4.78. The summed E-state index contributed by atoms with van der Waals surface area (Å²) in [7, 11) is 1.69. The van der Waals surface area contributed by atoms with E-state index in [2.05, 4.69) is 26.1 Å². The maximum absolute atomic E-state index is 12.2. The molecule has 5 nitrogen and oxygen atoms in total. The molecule has 0 aromatic heterocycles. The second-order valence-electron chi connectivity index (χ2n) is 6.45. The topological polar surface area (TPSA) is 75.6 Å². The molecule has 5 atom stereocenters. The third-order valence-corrected chi connectivity index (χ3v) is 5.02. The number of carbonyl (C=O) groups excluding carboxylic acids is 1. The highest BCUT2D eigenvalue weighted by Gasteiger charge is 2.56. The van der Waals surface area contributed by atoms with Crippen molar-refractivity contribution in [3.8, 4) is 0 Å². The van der Waals surface area contributed by atoms with Crippen molar-refractivity contribution in [2.24, 2.45) is 23.2 Å². The molecule has 0 saturated heterocycles. The number of carboxylic acid groups (broad SMARTS) is 1. The standard InChI is InChI=1S/C14H23NO4/c1-7-10(14(2,3)11(7)19-4)15-12(16)8-5-6-9(8)13(17)18/h7-11H,5-6H2,1-4H3,(H,15,16)(H,17,18). The van der Waals surface area contributed by atoms with Crippen molar-refractivity contribution in [1.29, 1.82) is 0 Å². The van der Waals surface area contributed by atoms with Gasteiger partial charge in [-0.25, -0.2) is 0 Å². The largest absolute Gasteiger partial charge is 0.481 e. The van der Waals surface area contributed by atoms with Gasteiger partial charge in [-0.1, -0.05) is 20.8 Å². The molecule has 1 amide bonds. The van der Waals surface area contributed by atoms with Crippen molar-refractivity contribution < 1.29 is 19.4 Å². The number of rotatable bonds is 4. The summed E-state index contributed by atoms with van der Waals surface area (Å²) in [6.45, 7) is 6.20. The fourth-order valence-corrected chi connectivity index (χ4v) is 3.79. The minimum Gasteiger partial charge on any atom is -0.481 e. The Hall–Kier alpha value is -1.10. The molecule has 5 unspecified atom stereocenters. The monoisotopic (exact) mass is 269 g/mol. The van der Waals surface area contributed by atoms with Crippen LogP contribution in [-0.4, -0.2) is 36.2 Å². The van der Waals surface area contributed by atoms with Gasteiger partial charge in [0.2, 0.25) is 5.91 Å². The molecule has 2 aliphatic rings. The van der Waals surface area contributed by atoms with Crippen molar-refractivity contribution in [2.45, 2.75) is 45.8 Å². The van der Waals surface area contributed by atoms with E-state index >= 15 is 0 Å². The molecule has 0 aromatic rings. The van der Waals surface area contributed by atoms with Gasteiger partial charge in [-0.2, -0.15) is 0 Å². The summed E-state index contributed by atoms with van der Waals surface area (Å²) >= 11 is 0. The van der Waals surface area contributed by atoms with Crippen molar-refractivity contribution in [3.05, 3.63) is 0 Å². The van der Waals surface area contributed by atoms with Crippen LogP contribution in [0.4, 0.5) is 0 Å². The van der Waals surface area contributed by atoms with E-state index in [1.54, 1.807) is 7.11 Å². The molecule has 2 aliphatic carbocycles. The smallest absolute Gasteiger partial charge is 0.307 e. The third kappa shape index (κ3) is 2.14. The first-order valence-electron chi connectivity index (χ1n) is 6.86. The summed E-state index contributed by atoms with van der Waals surface area (Å²) in [5.74, 6) is -1.58. The maximum Gasteiger partial charge on any atom is 0.307 e. The number of methoxy groups -OCH3 is 1. The normalized spacial score (nSPS) is 39.9. The molecule has 2 rings (SSSR count). The molecule has 2 fully saturated rings. The zero-order chi connectivity index (χ0) is 14.4. The third-order valence-electron chi connectivity index (χ3n) is 5.02. The van der Waals surface area contributed by atoms with E-state index in [1.807, 2.05) is 0 Å². The van der Waals surface area contributed by atoms with E-state index < -0.39 is 11.9 Å². The fourth-order valence-electron chi connectivity index (χ4n) is 3.79. The Morgan fingerprint density at radius 1 is 1.26 bits per heavy atom. The van der Waals surface area contributed by atoms with Crippen LogP contribution in [0.2, 0.25) is 0 Å². The average Bonchev–Trinajstić information content (AvgIpc) is 2.23. The van der Waals surface area contributed by atoms with Gasteiger partial charge in [0.25, 0.3) is 0 Å². The van der Waals surface area contributed by atoms with Gasteiger partial charge in [0.15, 0.2) is 0 Å². The Kier molecular flexibility index (Phi) is 3.60. The molecular formula is C14H23NO4. The van der Waals surface area contributed by atoms with E-state index in [0.717, 1.165) is 0 Å². The first-order valence-corrected chi connectivity index (χ1v) is 6.86. The molecule has 5 heteroatoms. The Balaban J connectivity index is 1.95. The average molecular weight is 269 g/mol. The molecular weight excluding hydrogens is 246 g/mol. The SMILES string of the molecule is COC1C(C)C(NC(=O)C2CCC2C(=O)O)C1(C)C. The van der Waals surface area contributed by atoms with Gasteiger partial charge in [0.1, 0.15) is 0 Å². The van der Waals surface area contributed by atoms with Crippen molar-refractivity contribution in [1.82, 2.24) is 5.32 Å². The lowest BCUT2D eigenvalue weighted by molar-refractivity contribution is -0.163. The number of carboxylic acids is 1. The number of carbonyl (C=O) groups is 2. The van der Waals surface area contributed by atoms with E-state index in [1.165, 1.54) is 0 Å². The zero-order valence-electron chi connectivity index (χ0n) is 12.0. The zero-order valence-corrected chi connectivity index (χ0v) is 12.0. The number of hydrogen-bond acceptors (Lipinski definition) is 3. The summed E-state index contributed by atoms with van der Waals surface area (Å²) in [6.07, 6.45) is 1.42. The van der Waals surface area contributed by atoms with Crippen LogP contribution in [0.15, 0.2) is 0 Å². The molecule has 0 radical (unpaired) electrons. The lowest BCUT2D eigenvalue weighted by Gasteiger charge is -2.57. The van der Waals surface area contributed by atoms with Crippen molar-refractivity contribution >= 4 is 11.9 Å². The molecule has 0 heterocycles. The molecule has 0 aliphatic heterocycles. The molecule has 0 bridgehead atoms. The summed E-state index contributed by atoms with van der Waals surface area (Å²) in [6, 6.07) is 0.0556. The van der Waals surface area contributed by atoms with Gasteiger partial charge in [-0.15, -0.1) is 0 Å². The first-order chi connectivity index (χ1) is 8.80. The van der Waals surface area contributed by atoms with Gasteiger partial charge >= 0.3 is 5.97 Å². The number of nitrogens with one attached hydrogen (secondary N) is 1. The van der Waals surface area contributed by atoms with Crippen LogP contribution in [0.3, 0.4) is 0 Å². The number of aliphatic carboxylic acids is 1. The van der Waals surface area contributed by atoms with Crippen LogP contribution in [0.5, 0.6) is 0 Å². The van der Waals surface area contributed by atoms with Crippen LogP contribution in [-0.2, 0) is 14.3 Å². The number of ether oxygens (including phenoxy) is 1. The van der Waals surface area contributed by atoms with Gasteiger partial charge in [-0.05, 0) is 12.8 Å². The van der Waals surface area contributed by atoms with Crippen LogP contribution >= 0.6 is 0 Å². The summed E-state index contributed by atoms with van der Waals surface area (Å²) in [5.41, 5.74) is -0.105. The van der Waals surface area contributed by atoms with E-state index in [9.17, 15) is 9.59 Å². The quantitative estimate of drug-likeness (QED) is 0.806. The highest BCUT2D eigenvalue weighted by atomic mass is 16.5. The second-order valence-corrected chi connectivity index (χ2v) is 6.45. The highest BCUT2D eigenvalue weighted by molar-refractivity contribution is 5.86. The molecule has 0 aromatic carbocycles. The molecule has 2 N–H and O–H groups in total. The predicted octanol–water partition coefficient (Wildman–Crippen LogP) is 1.27. The van der Waals surface area contributed by atoms with Gasteiger partial charge in [-0.3, -0.25) is 9.59 Å². The predicted molar refractivity (Wildman–Crippen MR) is 69.5 cm³/mol. The first kappa shape index (κ1) is 14.3. The molecule has 108 valence electrons. The lowest BCUT2D eigenvalue weighted by Crippen LogP contribution is -2.68. The molecule has 2 saturated carbocycles. The Bertz CT molecular complexity index is 393.